The van der Waals surface area contributed by atoms with Crippen LogP contribution < -0.4 is 0 Å². The number of carbonyl (C=O) groups is 1. The van der Waals surface area contributed by atoms with Crippen LogP contribution in [0.2, 0.25) is 0 Å². The zero-order valence-electron chi connectivity index (χ0n) is 20.9. The first-order chi connectivity index (χ1) is 16.6. The average molecular weight is 519 g/mol. The molecule has 0 amide bonds. The zero-order valence-corrected chi connectivity index (χ0v) is 20.9. The van der Waals surface area contributed by atoms with Gasteiger partial charge in [0.25, 0.3) is 0 Å². The van der Waals surface area contributed by atoms with Crippen LogP contribution in [-0.4, -0.2) is 122 Å². The summed E-state index contributed by atoms with van der Waals surface area (Å²) in [6.45, 7) is 5.33. The molecule has 2 saturated heterocycles. The van der Waals surface area contributed by atoms with E-state index in [-0.39, 0.29) is 18.8 Å². The average Bonchev–Trinajstić information content (AvgIpc) is 3.09. The number of rotatable bonds is 8. The van der Waals surface area contributed by atoms with Crippen LogP contribution in [0.5, 0.6) is 0 Å². The summed E-state index contributed by atoms with van der Waals surface area (Å²) in [7, 11) is 0. The fraction of sp³-hybridized carbons (Fsp3) is 0.792. The van der Waals surface area contributed by atoms with Gasteiger partial charge in [-0.05, 0) is 31.6 Å². The third kappa shape index (κ3) is 5.59. The van der Waals surface area contributed by atoms with E-state index in [1.54, 1.807) is 33.8 Å². The predicted octanol–water partition coefficient (Wildman–Crippen LogP) is -2.11. The van der Waals surface area contributed by atoms with Crippen LogP contribution in [-0.2, 0) is 23.7 Å². The number of ether oxygens (including phenoxy) is 4. The van der Waals surface area contributed by atoms with Crippen LogP contribution in [0, 0.1) is 5.41 Å². The highest BCUT2D eigenvalue weighted by molar-refractivity contribution is 5.92. The third-order valence-electron chi connectivity index (χ3n) is 7.26. The number of aliphatic hydroxyl groups is 7. The van der Waals surface area contributed by atoms with Crippen molar-refractivity contribution in [3.8, 4) is 0 Å². The molecule has 12 heteroatoms. The molecular weight excluding hydrogens is 480 g/mol. The molecule has 0 aromatic heterocycles. The fourth-order valence-electron chi connectivity index (χ4n) is 4.69. The van der Waals surface area contributed by atoms with E-state index in [1.807, 2.05) is 0 Å². The zero-order chi connectivity index (χ0) is 27.1. The van der Waals surface area contributed by atoms with Crippen LogP contribution in [0.3, 0.4) is 0 Å². The summed E-state index contributed by atoms with van der Waals surface area (Å²) in [5.74, 6) is -0.0732. The van der Waals surface area contributed by atoms with Crippen molar-refractivity contribution in [1.82, 2.24) is 0 Å². The molecule has 2 fully saturated rings. The molecule has 0 bridgehead atoms. The maximum atomic E-state index is 11.9. The molecule has 206 valence electrons. The normalized spacial score (nSPS) is 44.1. The molecule has 1 unspecified atom stereocenters. The summed E-state index contributed by atoms with van der Waals surface area (Å²) >= 11 is 0. The minimum Gasteiger partial charge on any atom is -0.393 e. The van der Waals surface area contributed by atoms with Gasteiger partial charge in [0.15, 0.2) is 18.4 Å². The van der Waals surface area contributed by atoms with Crippen molar-refractivity contribution in [3.05, 3.63) is 23.8 Å². The highest BCUT2D eigenvalue weighted by Gasteiger charge is 2.50. The van der Waals surface area contributed by atoms with E-state index in [1.165, 1.54) is 12.2 Å². The Labute approximate surface area is 209 Å². The second-order valence-electron chi connectivity index (χ2n) is 10.6. The lowest BCUT2D eigenvalue weighted by atomic mass is 9.64. The summed E-state index contributed by atoms with van der Waals surface area (Å²) in [6, 6.07) is 0. The van der Waals surface area contributed by atoms with Gasteiger partial charge in [0, 0.05) is 11.8 Å². The fourth-order valence-corrected chi connectivity index (χ4v) is 4.69. The van der Waals surface area contributed by atoms with Gasteiger partial charge in [-0.15, -0.1) is 0 Å². The maximum absolute atomic E-state index is 11.9. The largest absolute Gasteiger partial charge is 0.393 e. The van der Waals surface area contributed by atoms with Crippen molar-refractivity contribution in [2.24, 2.45) is 5.41 Å². The summed E-state index contributed by atoms with van der Waals surface area (Å²) < 4.78 is 21.9. The van der Waals surface area contributed by atoms with Crippen LogP contribution in [0.4, 0.5) is 0 Å². The first kappa shape index (κ1) is 29.3. The van der Waals surface area contributed by atoms with Crippen LogP contribution >= 0.6 is 0 Å². The Morgan fingerprint density at radius 3 is 2.39 bits per heavy atom. The van der Waals surface area contributed by atoms with Gasteiger partial charge in [-0.3, -0.25) is 4.79 Å². The number of carbonyl (C=O) groups excluding carboxylic acids is 1. The summed E-state index contributed by atoms with van der Waals surface area (Å²) in [4.78, 5) is 11.9. The van der Waals surface area contributed by atoms with E-state index < -0.39 is 79.0 Å². The topological polar surface area (TPSA) is 196 Å². The van der Waals surface area contributed by atoms with Gasteiger partial charge in [0.05, 0.1) is 25.9 Å². The van der Waals surface area contributed by atoms with Gasteiger partial charge in [-0.2, -0.15) is 0 Å². The van der Waals surface area contributed by atoms with E-state index >= 15 is 0 Å². The number of aliphatic hydroxyl groups excluding tert-OH is 5. The second kappa shape index (κ2) is 10.8. The Hall–Kier alpha value is -1.29. The molecule has 3 rings (SSSR count). The molecule has 10 atom stereocenters. The monoisotopic (exact) mass is 518 g/mol. The van der Waals surface area contributed by atoms with Gasteiger partial charge in [0.1, 0.15) is 41.7 Å². The lowest BCUT2D eigenvalue weighted by molar-refractivity contribution is -0.314. The molecule has 0 aromatic carbocycles. The Bertz CT molecular complexity index is 858. The van der Waals surface area contributed by atoms with Crippen molar-refractivity contribution in [2.45, 2.75) is 94.5 Å². The SMILES string of the molecule is CC1=CC(=O)CC(C)(C)[C@@]1(O)/C=C/C(C)O[C@@H]1O[C@H](CO[C@@H]2OC[C@](O)(CO)[C@H]2O)[C@@H](O)[C@H](O)[C@H]1O. The number of hydrogen-bond donors (Lipinski definition) is 7. The summed E-state index contributed by atoms with van der Waals surface area (Å²) in [6.07, 6.45) is -6.34. The standard InChI is InChI=1S/C24H38O12/c1-12-7-14(26)8-22(3,4)24(12,32)6-5-13(2)35-20-18(29)17(28)16(27)15(36-20)9-33-21-19(30)23(31,10-25)11-34-21/h5-7,13,15-21,25,27-32H,8-11H2,1-4H3/b6-5+/t13?,15-,16-,17+,18-,19+,20-,21-,23-,24-/m1/s1. The van der Waals surface area contributed by atoms with E-state index in [0.29, 0.717) is 5.57 Å². The Morgan fingerprint density at radius 2 is 1.81 bits per heavy atom. The third-order valence-corrected chi connectivity index (χ3v) is 7.26. The van der Waals surface area contributed by atoms with E-state index in [0.717, 1.165) is 0 Å². The minimum atomic E-state index is -1.89. The first-order valence-electron chi connectivity index (χ1n) is 11.9. The van der Waals surface area contributed by atoms with Crippen molar-refractivity contribution >= 4 is 5.78 Å². The summed E-state index contributed by atoms with van der Waals surface area (Å²) in [5.41, 5.74) is -3.58. The van der Waals surface area contributed by atoms with Crippen LogP contribution in [0.1, 0.15) is 34.1 Å². The Kier molecular flexibility index (Phi) is 8.80. The van der Waals surface area contributed by atoms with Crippen molar-refractivity contribution < 1.29 is 59.5 Å². The predicted molar refractivity (Wildman–Crippen MR) is 122 cm³/mol. The molecule has 2 aliphatic heterocycles. The van der Waals surface area contributed by atoms with Gasteiger partial charge >= 0.3 is 0 Å². The van der Waals surface area contributed by atoms with E-state index in [2.05, 4.69) is 0 Å². The van der Waals surface area contributed by atoms with Crippen molar-refractivity contribution in [3.63, 3.8) is 0 Å². The van der Waals surface area contributed by atoms with Gasteiger partial charge in [0.2, 0.25) is 0 Å². The highest BCUT2D eigenvalue weighted by Crippen LogP contribution is 2.44. The lowest BCUT2D eigenvalue weighted by Crippen LogP contribution is -2.60. The Morgan fingerprint density at radius 1 is 1.14 bits per heavy atom. The number of ketones is 1. The molecule has 2 heterocycles. The van der Waals surface area contributed by atoms with Gasteiger partial charge < -0.3 is 54.7 Å². The molecule has 36 heavy (non-hydrogen) atoms. The molecule has 7 N–H and O–H groups in total. The molecule has 0 aromatic rings. The number of allylic oxidation sites excluding steroid dienone is 1. The van der Waals surface area contributed by atoms with E-state index in [4.69, 9.17) is 18.9 Å². The molecule has 3 aliphatic rings. The molecule has 12 nitrogen and oxygen atoms in total. The van der Waals surface area contributed by atoms with Gasteiger partial charge in [-0.1, -0.05) is 19.9 Å². The van der Waals surface area contributed by atoms with Crippen molar-refractivity contribution in [2.75, 3.05) is 19.8 Å². The second-order valence-corrected chi connectivity index (χ2v) is 10.6. The van der Waals surface area contributed by atoms with E-state index in [9.17, 15) is 40.5 Å². The smallest absolute Gasteiger partial charge is 0.187 e. The summed E-state index contributed by atoms with van der Waals surface area (Å²) in [5, 5.41) is 71.6. The highest BCUT2D eigenvalue weighted by atomic mass is 16.7. The molecule has 0 spiro atoms. The van der Waals surface area contributed by atoms with Crippen molar-refractivity contribution in [1.29, 1.82) is 0 Å². The quantitative estimate of drug-likeness (QED) is 0.173. The molecule has 0 saturated carbocycles. The first-order valence-corrected chi connectivity index (χ1v) is 11.9. The Balaban J connectivity index is 1.64. The molecule has 1 aliphatic carbocycles. The maximum Gasteiger partial charge on any atom is 0.187 e. The molecular formula is C24H38O12. The van der Waals surface area contributed by atoms with Crippen LogP contribution in [0.15, 0.2) is 23.8 Å². The van der Waals surface area contributed by atoms with Crippen LogP contribution in [0.25, 0.3) is 0 Å². The lowest BCUT2D eigenvalue weighted by Gasteiger charge is -2.44. The molecule has 0 radical (unpaired) electrons. The number of hydrogen-bond acceptors (Lipinski definition) is 12. The van der Waals surface area contributed by atoms with Gasteiger partial charge in [-0.25, -0.2) is 0 Å². The minimum absolute atomic E-state index is 0.0732.